The second kappa shape index (κ2) is 2.85. The highest BCUT2D eigenvalue weighted by Crippen LogP contribution is 2.22. The monoisotopic (exact) mass is 164 g/mol. The highest BCUT2D eigenvalue weighted by atomic mass is 32.1. The predicted molar refractivity (Wildman–Crippen MR) is 47.6 cm³/mol. The van der Waals surface area contributed by atoms with Crippen molar-refractivity contribution in [3.05, 3.63) is 23.3 Å². The first-order valence-corrected chi connectivity index (χ1v) is 3.59. The molecule has 0 aromatic heterocycles. The summed E-state index contributed by atoms with van der Waals surface area (Å²) >= 11 is 4.09. The van der Waals surface area contributed by atoms with E-state index in [0.717, 1.165) is 5.56 Å². The quantitative estimate of drug-likeness (QED) is 0.453. The molecule has 2 N–H and O–H groups in total. The van der Waals surface area contributed by atoms with Gasteiger partial charge in [-0.25, -0.2) is 0 Å². The maximum absolute atomic E-state index is 8.61. The molecule has 0 saturated carbocycles. The fourth-order valence-electron chi connectivity index (χ4n) is 0.892. The largest absolute Gasteiger partial charge is 0.398 e. The van der Waals surface area contributed by atoms with Crippen molar-refractivity contribution in [1.29, 1.82) is 5.26 Å². The van der Waals surface area contributed by atoms with E-state index in [2.05, 4.69) is 12.6 Å². The first kappa shape index (κ1) is 7.96. The van der Waals surface area contributed by atoms with Crippen LogP contribution in [-0.2, 0) is 0 Å². The molecule has 0 radical (unpaired) electrons. The smallest absolute Gasteiger partial charge is 0.100 e. The summed E-state index contributed by atoms with van der Waals surface area (Å²) in [7, 11) is 0. The average molecular weight is 164 g/mol. The zero-order valence-electron chi connectivity index (χ0n) is 6.13. The van der Waals surface area contributed by atoms with Crippen molar-refractivity contribution in [2.45, 2.75) is 11.8 Å². The van der Waals surface area contributed by atoms with Crippen LogP contribution in [0.5, 0.6) is 0 Å². The minimum atomic E-state index is 0.533. The Hall–Kier alpha value is -1.14. The van der Waals surface area contributed by atoms with Gasteiger partial charge in [-0.1, -0.05) is 0 Å². The van der Waals surface area contributed by atoms with Crippen molar-refractivity contribution in [1.82, 2.24) is 0 Å². The molecule has 56 valence electrons. The summed E-state index contributed by atoms with van der Waals surface area (Å²) in [5, 5.41) is 8.61. The molecule has 0 spiro atoms. The minimum absolute atomic E-state index is 0.533. The topological polar surface area (TPSA) is 49.8 Å². The number of nitrogens with two attached hydrogens (primary N) is 1. The van der Waals surface area contributed by atoms with E-state index in [4.69, 9.17) is 11.0 Å². The van der Waals surface area contributed by atoms with E-state index >= 15 is 0 Å². The molecule has 0 saturated heterocycles. The molecule has 1 rings (SSSR count). The second-order valence-electron chi connectivity index (χ2n) is 2.36. The molecule has 3 heteroatoms. The van der Waals surface area contributed by atoms with E-state index in [9.17, 15) is 0 Å². The van der Waals surface area contributed by atoms with Gasteiger partial charge in [-0.05, 0) is 24.6 Å². The van der Waals surface area contributed by atoms with Gasteiger partial charge in [-0.3, -0.25) is 0 Å². The number of nitrogens with zero attached hydrogens (tertiary/aromatic N) is 1. The van der Waals surface area contributed by atoms with Gasteiger partial charge < -0.3 is 5.73 Å². The number of nitriles is 1. The van der Waals surface area contributed by atoms with Crippen molar-refractivity contribution >= 4 is 18.3 Å². The zero-order valence-corrected chi connectivity index (χ0v) is 7.02. The van der Waals surface area contributed by atoms with E-state index in [0.29, 0.717) is 16.1 Å². The molecular weight excluding hydrogens is 156 g/mol. The van der Waals surface area contributed by atoms with Crippen LogP contribution in [-0.4, -0.2) is 0 Å². The number of hydrogen-bond acceptors (Lipinski definition) is 3. The van der Waals surface area contributed by atoms with Crippen LogP contribution in [0.2, 0.25) is 0 Å². The molecule has 0 aliphatic carbocycles. The first-order valence-electron chi connectivity index (χ1n) is 3.14. The lowest BCUT2D eigenvalue weighted by atomic mass is 10.1. The fraction of sp³-hybridized carbons (Fsp3) is 0.125. The van der Waals surface area contributed by atoms with Crippen LogP contribution >= 0.6 is 12.6 Å². The molecule has 1 aromatic rings. The van der Waals surface area contributed by atoms with Gasteiger partial charge in [0, 0.05) is 10.6 Å². The third kappa shape index (κ3) is 1.47. The van der Waals surface area contributed by atoms with Gasteiger partial charge in [-0.15, -0.1) is 12.6 Å². The van der Waals surface area contributed by atoms with Crippen molar-refractivity contribution in [2.75, 3.05) is 5.73 Å². The van der Waals surface area contributed by atoms with Crippen LogP contribution in [0.3, 0.4) is 0 Å². The second-order valence-corrected chi connectivity index (χ2v) is 2.81. The first-order chi connectivity index (χ1) is 5.15. The van der Waals surface area contributed by atoms with E-state index < -0.39 is 0 Å². The SMILES string of the molecule is Cc1cc(N)c(S)c(C#N)c1. The van der Waals surface area contributed by atoms with Crippen molar-refractivity contribution in [3.63, 3.8) is 0 Å². The Balaban J connectivity index is 3.39. The van der Waals surface area contributed by atoms with Crippen LogP contribution in [0.15, 0.2) is 17.0 Å². The third-order valence-corrected chi connectivity index (χ3v) is 1.90. The summed E-state index contributed by atoms with van der Waals surface area (Å²) in [4.78, 5) is 0.568. The van der Waals surface area contributed by atoms with Crippen molar-refractivity contribution < 1.29 is 0 Å². The van der Waals surface area contributed by atoms with Gasteiger partial charge in [0.1, 0.15) is 6.07 Å². The Morgan fingerprint density at radius 1 is 1.55 bits per heavy atom. The molecule has 0 atom stereocenters. The molecule has 0 fully saturated rings. The summed E-state index contributed by atoms with van der Waals surface area (Å²) in [6.07, 6.45) is 0. The number of aryl methyl sites for hydroxylation is 1. The predicted octanol–water partition coefficient (Wildman–Crippen LogP) is 1.74. The van der Waals surface area contributed by atoms with Crippen LogP contribution in [0, 0.1) is 18.3 Å². The maximum Gasteiger partial charge on any atom is 0.100 e. The van der Waals surface area contributed by atoms with Crippen LogP contribution in [0.25, 0.3) is 0 Å². The highest BCUT2D eigenvalue weighted by molar-refractivity contribution is 7.80. The number of nitrogen functional groups attached to an aromatic ring is 1. The molecular formula is C8H8N2S. The van der Waals surface area contributed by atoms with Gasteiger partial charge in [0.25, 0.3) is 0 Å². The van der Waals surface area contributed by atoms with Crippen LogP contribution in [0.1, 0.15) is 11.1 Å². The molecule has 0 amide bonds. The summed E-state index contributed by atoms with van der Waals surface area (Å²) < 4.78 is 0. The summed E-state index contributed by atoms with van der Waals surface area (Å²) in [6.45, 7) is 1.89. The molecule has 11 heavy (non-hydrogen) atoms. The molecule has 0 aliphatic heterocycles. The lowest BCUT2D eigenvalue weighted by molar-refractivity contribution is 1.33. The van der Waals surface area contributed by atoms with Crippen molar-refractivity contribution in [2.24, 2.45) is 0 Å². The molecule has 0 bridgehead atoms. The van der Waals surface area contributed by atoms with Crippen molar-refractivity contribution in [3.8, 4) is 6.07 Å². The number of anilines is 1. The molecule has 0 heterocycles. The Labute approximate surface area is 71.0 Å². The number of hydrogen-bond donors (Lipinski definition) is 2. The summed E-state index contributed by atoms with van der Waals surface area (Å²) in [6, 6.07) is 5.58. The average Bonchev–Trinajstić information content (AvgIpc) is 1.96. The Bertz CT molecular complexity index is 326. The van der Waals surface area contributed by atoms with Crippen LogP contribution < -0.4 is 5.73 Å². The normalized spacial score (nSPS) is 9.18. The number of rotatable bonds is 0. The lowest BCUT2D eigenvalue weighted by Gasteiger charge is -2.01. The number of thiol groups is 1. The number of benzene rings is 1. The van der Waals surface area contributed by atoms with Crippen LogP contribution in [0.4, 0.5) is 5.69 Å². The van der Waals surface area contributed by atoms with E-state index in [-0.39, 0.29) is 0 Å². The van der Waals surface area contributed by atoms with Gasteiger partial charge >= 0.3 is 0 Å². The zero-order chi connectivity index (χ0) is 8.43. The maximum atomic E-state index is 8.61. The van der Waals surface area contributed by atoms with Gasteiger partial charge in [0.2, 0.25) is 0 Å². The lowest BCUT2D eigenvalue weighted by Crippen LogP contribution is -1.91. The standard InChI is InChI=1S/C8H8N2S/c1-5-2-6(4-9)8(11)7(10)3-5/h2-3,11H,10H2,1H3. The van der Waals surface area contributed by atoms with Gasteiger partial charge in [-0.2, -0.15) is 5.26 Å². The molecule has 0 aliphatic rings. The minimum Gasteiger partial charge on any atom is -0.398 e. The molecule has 0 unspecified atom stereocenters. The van der Waals surface area contributed by atoms with E-state index in [1.165, 1.54) is 0 Å². The fourth-order valence-corrected chi connectivity index (χ4v) is 1.07. The Kier molecular flexibility index (Phi) is 2.06. The van der Waals surface area contributed by atoms with Gasteiger partial charge in [0.05, 0.1) is 5.56 Å². The molecule has 2 nitrogen and oxygen atoms in total. The Morgan fingerprint density at radius 2 is 2.18 bits per heavy atom. The Morgan fingerprint density at radius 3 is 2.73 bits per heavy atom. The third-order valence-electron chi connectivity index (χ3n) is 1.40. The summed E-state index contributed by atoms with van der Waals surface area (Å²) in [5.74, 6) is 0. The molecule has 1 aromatic carbocycles. The van der Waals surface area contributed by atoms with Gasteiger partial charge in [0.15, 0.2) is 0 Å². The highest BCUT2D eigenvalue weighted by Gasteiger charge is 2.01. The summed E-state index contributed by atoms with van der Waals surface area (Å²) in [5.41, 5.74) is 7.65. The van der Waals surface area contributed by atoms with E-state index in [1.54, 1.807) is 12.1 Å². The van der Waals surface area contributed by atoms with E-state index in [1.807, 2.05) is 13.0 Å².